The molecule has 0 atom stereocenters. The molecule has 0 heterocycles. The third-order valence-corrected chi connectivity index (χ3v) is 2.25. The Morgan fingerprint density at radius 3 is 2.67 bits per heavy atom. The molecule has 0 amide bonds. The van der Waals surface area contributed by atoms with Crippen LogP contribution in [0.1, 0.15) is 24.8 Å². The minimum absolute atomic E-state index is 0.560. The molecular weight excluding hydrogens is 188 g/mol. The van der Waals surface area contributed by atoms with Crippen LogP contribution in [0.25, 0.3) is 0 Å². The van der Waals surface area contributed by atoms with Gasteiger partial charge >= 0.3 is 0 Å². The third kappa shape index (κ3) is 4.81. The Hall–Kier alpha value is -1.06. The molecule has 1 aromatic rings. The molecule has 0 radical (unpaired) electrons. The van der Waals surface area contributed by atoms with Gasteiger partial charge in [-0.2, -0.15) is 0 Å². The molecular formula is C12H20N2O. The van der Waals surface area contributed by atoms with Gasteiger partial charge in [0.05, 0.1) is 6.61 Å². The maximum atomic E-state index is 5.60. The van der Waals surface area contributed by atoms with E-state index in [1.807, 2.05) is 24.3 Å². The fourth-order valence-corrected chi connectivity index (χ4v) is 1.38. The van der Waals surface area contributed by atoms with Gasteiger partial charge in [-0.3, -0.25) is 0 Å². The second kappa shape index (κ2) is 7.26. The largest absolute Gasteiger partial charge is 0.494 e. The van der Waals surface area contributed by atoms with Crippen LogP contribution in [0.5, 0.6) is 5.75 Å². The second-order valence-corrected chi connectivity index (χ2v) is 3.55. The summed E-state index contributed by atoms with van der Waals surface area (Å²) in [6, 6.07) is 7.92. The molecule has 0 aromatic heterocycles. The van der Waals surface area contributed by atoms with Crippen molar-refractivity contribution < 1.29 is 4.74 Å². The minimum Gasteiger partial charge on any atom is -0.494 e. The van der Waals surface area contributed by atoms with Crippen LogP contribution in [0.3, 0.4) is 0 Å². The Kier molecular flexibility index (Phi) is 5.81. The standard InChI is InChI=1S/C12H20N2O/c13-7-2-1-3-8-15-12-6-4-5-11(9-12)10-14/h4-6,9H,1-3,7-8,10,13-14H2. The van der Waals surface area contributed by atoms with Gasteiger partial charge in [0.25, 0.3) is 0 Å². The SMILES string of the molecule is NCCCCCOc1cccc(CN)c1. The summed E-state index contributed by atoms with van der Waals surface area (Å²) in [6.07, 6.45) is 3.27. The van der Waals surface area contributed by atoms with Gasteiger partial charge in [0, 0.05) is 6.54 Å². The van der Waals surface area contributed by atoms with Gasteiger partial charge in [0.1, 0.15) is 5.75 Å². The predicted molar refractivity (Wildman–Crippen MR) is 62.7 cm³/mol. The maximum absolute atomic E-state index is 5.60. The molecule has 4 N–H and O–H groups in total. The summed E-state index contributed by atoms with van der Waals surface area (Å²) in [4.78, 5) is 0. The Bertz CT molecular complexity index is 276. The van der Waals surface area contributed by atoms with Crippen LogP contribution >= 0.6 is 0 Å². The highest BCUT2D eigenvalue weighted by atomic mass is 16.5. The average molecular weight is 208 g/mol. The lowest BCUT2D eigenvalue weighted by molar-refractivity contribution is 0.305. The van der Waals surface area contributed by atoms with Gasteiger partial charge in [0.2, 0.25) is 0 Å². The van der Waals surface area contributed by atoms with Crippen LogP contribution < -0.4 is 16.2 Å². The highest BCUT2D eigenvalue weighted by molar-refractivity contribution is 5.28. The molecule has 0 aliphatic carbocycles. The molecule has 3 nitrogen and oxygen atoms in total. The minimum atomic E-state index is 0.560. The van der Waals surface area contributed by atoms with Crippen molar-refractivity contribution in [1.82, 2.24) is 0 Å². The van der Waals surface area contributed by atoms with Crippen molar-refractivity contribution in [2.75, 3.05) is 13.2 Å². The fraction of sp³-hybridized carbons (Fsp3) is 0.500. The van der Waals surface area contributed by atoms with Crippen molar-refractivity contribution in [2.45, 2.75) is 25.8 Å². The highest BCUT2D eigenvalue weighted by Gasteiger charge is 1.95. The first-order chi connectivity index (χ1) is 7.36. The van der Waals surface area contributed by atoms with Crippen molar-refractivity contribution in [1.29, 1.82) is 0 Å². The smallest absolute Gasteiger partial charge is 0.119 e. The quantitative estimate of drug-likeness (QED) is 0.670. The average Bonchev–Trinajstić information content (AvgIpc) is 2.29. The number of benzene rings is 1. The van der Waals surface area contributed by atoms with E-state index in [4.69, 9.17) is 16.2 Å². The Morgan fingerprint density at radius 2 is 1.93 bits per heavy atom. The molecule has 0 saturated carbocycles. The van der Waals surface area contributed by atoms with Crippen LogP contribution in [0.15, 0.2) is 24.3 Å². The second-order valence-electron chi connectivity index (χ2n) is 3.55. The van der Waals surface area contributed by atoms with E-state index >= 15 is 0 Å². The van der Waals surface area contributed by atoms with Crippen LogP contribution in [-0.2, 0) is 6.54 Å². The molecule has 3 heteroatoms. The van der Waals surface area contributed by atoms with Gasteiger partial charge in [0.15, 0.2) is 0 Å². The molecule has 15 heavy (non-hydrogen) atoms. The van der Waals surface area contributed by atoms with Crippen LogP contribution in [0.4, 0.5) is 0 Å². The molecule has 0 bridgehead atoms. The van der Waals surface area contributed by atoms with E-state index in [0.717, 1.165) is 43.7 Å². The van der Waals surface area contributed by atoms with Crippen molar-refractivity contribution >= 4 is 0 Å². The summed E-state index contributed by atoms with van der Waals surface area (Å²) in [5.74, 6) is 0.908. The van der Waals surface area contributed by atoms with Crippen molar-refractivity contribution in [3.05, 3.63) is 29.8 Å². The van der Waals surface area contributed by atoms with E-state index in [-0.39, 0.29) is 0 Å². The Balaban J connectivity index is 2.24. The van der Waals surface area contributed by atoms with Gasteiger partial charge < -0.3 is 16.2 Å². The van der Waals surface area contributed by atoms with Crippen LogP contribution in [0, 0.1) is 0 Å². The maximum Gasteiger partial charge on any atom is 0.119 e. The Labute approximate surface area is 91.4 Å². The zero-order valence-electron chi connectivity index (χ0n) is 9.11. The van der Waals surface area contributed by atoms with Crippen LogP contribution in [0.2, 0.25) is 0 Å². The van der Waals surface area contributed by atoms with Gasteiger partial charge in [-0.25, -0.2) is 0 Å². The summed E-state index contributed by atoms with van der Waals surface area (Å²) in [5, 5.41) is 0. The third-order valence-electron chi connectivity index (χ3n) is 2.25. The van der Waals surface area contributed by atoms with E-state index < -0.39 is 0 Å². The van der Waals surface area contributed by atoms with E-state index in [2.05, 4.69) is 0 Å². The highest BCUT2D eigenvalue weighted by Crippen LogP contribution is 2.13. The van der Waals surface area contributed by atoms with Crippen molar-refractivity contribution in [2.24, 2.45) is 11.5 Å². The van der Waals surface area contributed by atoms with E-state index in [0.29, 0.717) is 6.54 Å². The molecule has 1 aromatic carbocycles. The first-order valence-corrected chi connectivity index (χ1v) is 5.48. The molecule has 1 rings (SSSR count). The van der Waals surface area contributed by atoms with E-state index in [1.54, 1.807) is 0 Å². The Morgan fingerprint density at radius 1 is 1.07 bits per heavy atom. The summed E-state index contributed by atoms with van der Waals surface area (Å²) in [5.41, 5.74) is 12.1. The molecule has 0 fully saturated rings. The number of ether oxygens (including phenoxy) is 1. The lowest BCUT2D eigenvalue weighted by Crippen LogP contribution is -2.02. The summed E-state index contributed by atoms with van der Waals surface area (Å²) in [7, 11) is 0. The lowest BCUT2D eigenvalue weighted by Gasteiger charge is -2.06. The number of unbranched alkanes of at least 4 members (excludes halogenated alkanes) is 2. The van der Waals surface area contributed by atoms with Gasteiger partial charge in [-0.05, 0) is 43.5 Å². The number of hydrogen-bond donors (Lipinski definition) is 2. The summed E-state index contributed by atoms with van der Waals surface area (Å²) >= 11 is 0. The topological polar surface area (TPSA) is 61.3 Å². The summed E-state index contributed by atoms with van der Waals surface area (Å²) < 4.78 is 5.60. The van der Waals surface area contributed by atoms with Gasteiger partial charge in [-0.15, -0.1) is 0 Å². The summed E-state index contributed by atoms with van der Waals surface area (Å²) in [6.45, 7) is 2.08. The monoisotopic (exact) mass is 208 g/mol. The lowest BCUT2D eigenvalue weighted by atomic mass is 10.2. The zero-order valence-corrected chi connectivity index (χ0v) is 9.11. The number of nitrogens with two attached hydrogens (primary N) is 2. The molecule has 0 spiro atoms. The predicted octanol–water partition coefficient (Wildman–Crippen LogP) is 1.65. The van der Waals surface area contributed by atoms with Crippen molar-refractivity contribution in [3.63, 3.8) is 0 Å². The molecule has 84 valence electrons. The fourth-order valence-electron chi connectivity index (χ4n) is 1.38. The number of hydrogen-bond acceptors (Lipinski definition) is 3. The number of rotatable bonds is 7. The normalized spacial score (nSPS) is 10.3. The van der Waals surface area contributed by atoms with Gasteiger partial charge in [-0.1, -0.05) is 12.1 Å². The molecule has 0 unspecified atom stereocenters. The van der Waals surface area contributed by atoms with Crippen LogP contribution in [-0.4, -0.2) is 13.2 Å². The zero-order chi connectivity index (χ0) is 10.9. The van der Waals surface area contributed by atoms with E-state index in [1.165, 1.54) is 0 Å². The first-order valence-electron chi connectivity index (χ1n) is 5.48. The van der Waals surface area contributed by atoms with Crippen molar-refractivity contribution in [3.8, 4) is 5.75 Å². The van der Waals surface area contributed by atoms with E-state index in [9.17, 15) is 0 Å². The molecule has 0 aliphatic rings. The first kappa shape index (κ1) is 12.0. The molecule has 0 aliphatic heterocycles. The molecule has 0 saturated heterocycles.